The fourth-order valence-electron chi connectivity index (χ4n) is 4.47. The molecular weight excluding hydrogens is 485 g/mol. The number of rotatable bonds is 4. The molecule has 0 unspecified atom stereocenters. The standard InChI is InChI=1S/C25H26N4O.C2HF3O2/c30-25(27-22-8-7-19-3-1-4-20(19)17-22)21-5-2-6-24(18-21)29-15-13-28(14-16-29)23-9-11-26-12-10-23;3-2(4,5)1(6)7/h2,5-12,17-18H,1,3-4,13-16H2,(H,27,30);(H,6,7). The van der Waals surface area contributed by atoms with Crippen molar-refractivity contribution in [1.82, 2.24) is 4.98 Å². The van der Waals surface area contributed by atoms with Gasteiger partial charge in [-0.1, -0.05) is 12.1 Å². The van der Waals surface area contributed by atoms with Gasteiger partial charge in [-0.2, -0.15) is 13.2 Å². The Kier molecular flexibility index (Phi) is 7.95. The van der Waals surface area contributed by atoms with Gasteiger partial charge in [0.15, 0.2) is 0 Å². The monoisotopic (exact) mass is 512 g/mol. The second-order valence-corrected chi connectivity index (χ2v) is 8.82. The summed E-state index contributed by atoms with van der Waals surface area (Å²) in [6.45, 7) is 3.77. The smallest absolute Gasteiger partial charge is 0.475 e. The Morgan fingerprint density at radius 2 is 1.46 bits per heavy atom. The zero-order valence-electron chi connectivity index (χ0n) is 20.0. The molecule has 0 radical (unpaired) electrons. The van der Waals surface area contributed by atoms with Crippen LogP contribution in [0.15, 0.2) is 67.0 Å². The normalized spacial score (nSPS) is 14.9. The second-order valence-electron chi connectivity index (χ2n) is 8.82. The number of halogens is 3. The number of carbonyl (C=O) groups excluding carboxylic acids is 1. The number of nitrogens with zero attached hydrogens (tertiary/aromatic N) is 3. The average molecular weight is 513 g/mol. The Hall–Kier alpha value is -4.08. The third kappa shape index (κ3) is 6.78. The summed E-state index contributed by atoms with van der Waals surface area (Å²) in [5.74, 6) is -2.81. The maximum absolute atomic E-state index is 12.8. The fraction of sp³-hybridized carbons (Fsp3) is 0.296. The highest BCUT2D eigenvalue weighted by Gasteiger charge is 2.38. The van der Waals surface area contributed by atoms with Crippen LogP contribution in [0.1, 0.15) is 27.9 Å². The van der Waals surface area contributed by atoms with Gasteiger partial charge >= 0.3 is 12.1 Å². The third-order valence-corrected chi connectivity index (χ3v) is 6.38. The van der Waals surface area contributed by atoms with E-state index in [0.29, 0.717) is 5.56 Å². The maximum Gasteiger partial charge on any atom is 0.490 e. The number of piperazine rings is 1. The molecular formula is C27H27F3N4O3. The molecule has 0 atom stereocenters. The van der Waals surface area contributed by atoms with Gasteiger partial charge in [-0.25, -0.2) is 4.79 Å². The van der Waals surface area contributed by atoms with E-state index in [-0.39, 0.29) is 5.91 Å². The largest absolute Gasteiger partial charge is 0.490 e. The fourth-order valence-corrected chi connectivity index (χ4v) is 4.47. The van der Waals surface area contributed by atoms with Crippen molar-refractivity contribution in [3.8, 4) is 0 Å². The minimum Gasteiger partial charge on any atom is -0.475 e. The van der Waals surface area contributed by atoms with Gasteiger partial charge in [0, 0.05) is 61.2 Å². The first-order valence-electron chi connectivity index (χ1n) is 11.9. The molecule has 2 N–H and O–H groups in total. The summed E-state index contributed by atoms with van der Waals surface area (Å²) in [5, 5.41) is 10.2. The lowest BCUT2D eigenvalue weighted by molar-refractivity contribution is -0.192. The number of benzene rings is 2. The van der Waals surface area contributed by atoms with Crippen molar-refractivity contribution in [3.05, 3.63) is 83.7 Å². The molecule has 7 nitrogen and oxygen atoms in total. The predicted octanol–water partition coefficient (Wildman–Crippen LogP) is 4.78. The van der Waals surface area contributed by atoms with Gasteiger partial charge in [-0.3, -0.25) is 9.78 Å². The topological polar surface area (TPSA) is 85.8 Å². The molecule has 2 aromatic carbocycles. The predicted molar refractivity (Wildman–Crippen MR) is 135 cm³/mol. The Labute approximate surface area is 212 Å². The van der Waals surface area contributed by atoms with Crippen LogP contribution in [0.3, 0.4) is 0 Å². The van der Waals surface area contributed by atoms with Gasteiger partial charge in [-0.05, 0) is 72.9 Å². The number of hydrogen-bond acceptors (Lipinski definition) is 5. The second kappa shape index (κ2) is 11.3. The number of aromatic nitrogens is 1. The Balaban J connectivity index is 0.000000405. The van der Waals surface area contributed by atoms with Crippen molar-refractivity contribution in [2.45, 2.75) is 25.4 Å². The number of fused-ring (bicyclic) bond motifs is 1. The molecule has 2 heterocycles. The van der Waals surface area contributed by atoms with Crippen LogP contribution < -0.4 is 15.1 Å². The van der Waals surface area contributed by atoms with Crippen molar-refractivity contribution in [1.29, 1.82) is 0 Å². The summed E-state index contributed by atoms with van der Waals surface area (Å²) < 4.78 is 31.7. The minimum absolute atomic E-state index is 0.0507. The van der Waals surface area contributed by atoms with E-state index >= 15 is 0 Å². The van der Waals surface area contributed by atoms with E-state index in [9.17, 15) is 18.0 Å². The highest BCUT2D eigenvalue weighted by molar-refractivity contribution is 6.04. The average Bonchev–Trinajstić information content (AvgIpc) is 3.37. The molecule has 2 aliphatic rings. The summed E-state index contributed by atoms with van der Waals surface area (Å²) in [6.07, 6.45) is 2.07. The summed E-state index contributed by atoms with van der Waals surface area (Å²) in [4.78, 5) is 30.6. The molecule has 1 aliphatic carbocycles. The summed E-state index contributed by atoms with van der Waals surface area (Å²) in [7, 11) is 0. The number of hydrogen-bond donors (Lipinski definition) is 2. The van der Waals surface area contributed by atoms with Crippen LogP contribution in [-0.2, 0) is 17.6 Å². The zero-order valence-corrected chi connectivity index (χ0v) is 20.0. The zero-order chi connectivity index (χ0) is 26.4. The number of alkyl halides is 3. The van der Waals surface area contributed by atoms with E-state index in [0.717, 1.165) is 50.4 Å². The number of carbonyl (C=O) groups is 2. The van der Waals surface area contributed by atoms with Crippen LogP contribution in [0.5, 0.6) is 0 Å². The highest BCUT2D eigenvalue weighted by atomic mass is 19.4. The molecule has 1 aliphatic heterocycles. The van der Waals surface area contributed by atoms with Crippen molar-refractivity contribution in [3.63, 3.8) is 0 Å². The summed E-state index contributed by atoms with van der Waals surface area (Å²) in [6, 6.07) is 18.4. The number of carboxylic acids is 1. The highest BCUT2D eigenvalue weighted by Crippen LogP contribution is 2.26. The molecule has 10 heteroatoms. The van der Waals surface area contributed by atoms with Crippen molar-refractivity contribution in [2.24, 2.45) is 0 Å². The van der Waals surface area contributed by atoms with E-state index in [1.807, 2.05) is 36.7 Å². The van der Waals surface area contributed by atoms with Crippen molar-refractivity contribution in [2.75, 3.05) is 41.3 Å². The number of nitrogens with one attached hydrogen (secondary N) is 1. The molecule has 1 amide bonds. The van der Waals surface area contributed by atoms with Crippen LogP contribution in [-0.4, -0.2) is 54.3 Å². The quantitative estimate of drug-likeness (QED) is 0.523. The van der Waals surface area contributed by atoms with Crippen LogP contribution in [0.2, 0.25) is 0 Å². The first-order valence-corrected chi connectivity index (χ1v) is 11.9. The van der Waals surface area contributed by atoms with Crippen LogP contribution >= 0.6 is 0 Å². The molecule has 1 aromatic heterocycles. The van der Waals surface area contributed by atoms with Crippen molar-refractivity contribution >= 4 is 28.9 Å². The number of anilines is 3. The van der Waals surface area contributed by atoms with Gasteiger partial charge in [0.1, 0.15) is 0 Å². The lowest BCUT2D eigenvalue weighted by Gasteiger charge is -2.37. The summed E-state index contributed by atoms with van der Waals surface area (Å²) in [5.41, 5.74) is 6.69. The Bertz CT molecular complexity index is 1240. The lowest BCUT2D eigenvalue weighted by atomic mass is 10.1. The first kappa shape index (κ1) is 26.0. The molecule has 0 saturated carbocycles. The molecule has 1 saturated heterocycles. The Morgan fingerprint density at radius 1 is 0.838 bits per heavy atom. The number of amides is 1. The maximum atomic E-state index is 12.8. The van der Waals surface area contributed by atoms with Gasteiger partial charge in [0.25, 0.3) is 5.91 Å². The van der Waals surface area contributed by atoms with Crippen LogP contribution in [0.25, 0.3) is 0 Å². The van der Waals surface area contributed by atoms with Gasteiger partial charge < -0.3 is 20.2 Å². The van der Waals surface area contributed by atoms with Crippen LogP contribution in [0.4, 0.5) is 30.2 Å². The molecule has 0 bridgehead atoms. The molecule has 0 spiro atoms. The third-order valence-electron chi connectivity index (χ3n) is 6.38. The summed E-state index contributed by atoms with van der Waals surface area (Å²) >= 11 is 0. The van der Waals surface area contributed by atoms with Gasteiger partial charge in [-0.15, -0.1) is 0 Å². The molecule has 1 fully saturated rings. The molecule has 3 aromatic rings. The molecule has 5 rings (SSSR count). The Morgan fingerprint density at radius 3 is 2.11 bits per heavy atom. The number of pyridine rings is 1. The van der Waals surface area contributed by atoms with E-state index in [1.54, 1.807) is 0 Å². The van der Waals surface area contributed by atoms with Crippen LogP contribution in [0, 0.1) is 0 Å². The van der Waals surface area contributed by atoms with E-state index < -0.39 is 12.1 Å². The minimum atomic E-state index is -5.08. The number of aryl methyl sites for hydroxylation is 2. The van der Waals surface area contributed by atoms with E-state index in [1.165, 1.54) is 23.2 Å². The molecule has 37 heavy (non-hydrogen) atoms. The van der Waals surface area contributed by atoms with E-state index in [4.69, 9.17) is 9.90 Å². The number of carboxylic acid groups (broad SMARTS) is 1. The van der Waals surface area contributed by atoms with Crippen molar-refractivity contribution < 1.29 is 27.9 Å². The molecule has 194 valence electrons. The SMILES string of the molecule is O=C(Nc1ccc2c(c1)CCC2)c1cccc(N2CCN(c3ccncc3)CC2)c1.O=C(O)C(F)(F)F. The lowest BCUT2D eigenvalue weighted by Crippen LogP contribution is -2.46. The first-order chi connectivity index (χ1) is 17.7. The van der Waals surface area contributed by atoms with Gasteiger partial charge in [0.2, 0.25) is 0 Å². The van der Waals surface area contributed by atoms with E-state index in [2.05, 4.69) is 50.4 Å². The number of aliphatic carboxylic acids is 1. The van der Waals surface area contributed by atoms with Gasteiger partial charge in [0.05, 0.1) is 0 Å².